The van der Waals surface area contributed by atoms with Gasteiger partial charge in [-0.25, -0.2) is 0 Å². The Hall–Kier alpha value is -1.39. The van der Waals surface area contributed by atoms with Gasteiger partial charge in [-0.15, -0.1) is 0 Å². The summed E-state index contributed by atoms with van der Waals surface area (Å²) in [4.78, 5) is 12.3. The molecule has 5 rings (SSSR count). The Morgan fingerprint density at radius 2 is 1.76 bits per heavy atom. The summed E-state index contributed by atoms with van der Waals surface area (Å²) in [5.41, 5.74) is 12.2. The third-order valence-corrected chi connectivity index (χ3v) is 14.5. The Bertz CT molecular complexity index is 1140. The third kappa shape index (κ3) is 4.72. The first-order valence-corrected chi connectivity index (χ1v) is 17.3. The average molecular weight is 580 g/mol. The minimum absolute atomic E-state index is 0.00339. The highest BCUT2D eigenvalue weighted by Gasteiger charge is 2.70. The summed E-state index contributed by atoms with van der Waals surface area (Å²) in [6.07, 6.45) is 17.6. The van der Waals surface area contributed by atoms with E-state index in [1.54, 1.807) is 0 Å². The van der Waals surface area contributed by atoms with E-state index in [2.05, 4.69) is 60.3 Å². The number of ether oxygens (including phenoxy) is 1. The van der Waals surface area contributed by atoms with Crippen molar-refractivity contribution in [2.24, 2.45) is 57.0 Å². The lowest BCUT2D eigenvalue weighted by atomic mass is 9.33. The summed E-state index contributed by atoms with van der Waals surface area (Å²) in [5.74, 6) is 3.03. The van der Waals surface area contributed by atoms with Crippen LogP contribution in [0.3, 0.4) is 0 Å². The number of rotatable bonds is 8. The van der Waals surface area contributed by atoms with Crippen LogP contribution >= 0.6 is 0 Å². The molecule has 0 amide bonds. The van der Waals surface area contributed by atoms with E-state index < -0.39 is 0 Å². The second kappa shape index (κ2) is 11.2. The highest BCUT2D eigenvalue weighted by molar-refractivity contribution is 5.70. The summed E-state index contributed by atoms with van der Waals surface area (Å²) >= 11 is 0. The molecular formula is C38H61NO3. The molecule has 4 fully saturated rings. The highest BCUT2D eigenvalue weighted by atomic mass is 16.5. The number of esters is 1. The zero-order valence-corrected chi connectivity index (χ0v) is 28.0. The largest absolute Gasteiger partial charge is 0.466 e. The zero-order valence-electron chi connectivity index (χ0n) is 28.0. The maximum Gasteiger partial charge on any atom is 0.306 e. The standard InChI is InChI=1S/C38H61NO3/c1-9-42-32(41)15-12-26(11-10-24-40)28-17-19-35(6)30(34(28,4)5)18-20-37(8)31(35)14-13-29-33-27(25(2)3)16-21-38(33,39)23-22-36(29,37)7/h11,17,27,29-31,33,40H,2,9-10,12-16,18-24,39H2,1,3-8H3/b26-11+/t27-,29+,30-,31+,33+,35-,36+,37+,38-/m0/s1. The third-order valence-electron chi connectivity index (χ3n) is 14.5. The molecule has 5 aliphatic carbocycles. The summed E-state index contributed by atoms with van der Waals surface area (Å²) in [6.45, 7) is 22.1. The van der Waals surface area contributed by atoms with Crippen molar-refractivity contribution >= 4 is 5.97 Å². The smallest absolute Gasteiger partial charge is 0.306 e. The van der Waals surface area contributed by atoms with E-state index in [9.17, 15) is 9.90 Å². The number of carbonyl (C=O) groups is 1. The molecule has 4 nitrogen and oxygen atoms in total. The molecule has 0 unspecified atom stereocenters. The first-order chi connectivity index (χ1) is 19.7. The first kappa shape index (κ1) is 32.0. The van der Waals surface area contributed by atoms with E-state index in [4.69, 9.17) is 10.5 Å². The highest BCUT2D eigenvalue weighted by Crippen LogP contribution is 2.76. The van der Waals surface area contributed by atoms with Gasteiger partial charge in [-0.05, 0) is 147 Å². The van der Waals surface area contributed by atoms with Crippen molar-refractivity contribution in [2.45, 2.75) is 131 Å². The van der Waals surface area contributed by atoms with E-state index in [0.29, 0.717) is 66.3 Å². The molecular weight excluding hydrogens is 518 g/mol. The number of carbonyl (C=O) groups excluding carboxylic acids is 1. The van der Waals surface area contributed by atoms with Crippen molar-refractivity contribution in [2.75, 3.05) is 13.2 Å². The van der Waals surface area contributed by atoms with Gasteiger partial charge in [0.1, 0.15) is 0 Å². The van der Waals surface area contributed by atoms with Gasteiger partial charge in [0.15, 0.2) is 0 Å². The second-order valence-electron chi connectivity index (χ2n) is 16.5. The summed E-state index contributed by atoms with van der Waals surface area (Å²) in [6, 6.07) is 0. The van der Waals surface area contributed by atoms with Crippen LogP contribution in [0.5, 0.6) is 0 Å². The van der Waals surface area contributed by atoms with Crippen molar-refractivity contribution in [3.8, 4) is 0 Å². The predicted molar refractivity (Wildman–Crippen MR) is 173 cm³/mol. The molecule has 4 heteroatoms. The topological polar surface area (TPSA) is 72.5 Å². The quantitative estimate of drug-likeness (QED) is 0.223. The minimum Gasteiger partial charge on any atom is -0.466 e. The van der Waals surface area contributed by atoms with Gasteiger partial charge in [-0.2, -0.15) is 0 Å². The molecule has 0 aromatic carbocycles. The molecule has 0 radical (unpaired) electrons. The molecule has 4 saturated carbocycles. The van der Waals surface area contributed by atoms with E-state index >= 15 is 0 Å². The Morgan fingerprint density at radius 1 is 1.02 bits per heavy atom. The summed E-state index contributed by atoms with van der Waals surface area (Å²) in [5, 5.41) is 9.66. The Balaban J connectivity index is 1.47. The van der Waals surface area contributed by atoms with Crippen LogP contribution in [0, 0.1) is 51.2 Å². The van der Waals surface area contributed by atoms with Gasteiger partial charge >= 0.3 is 5.97 Å². The SMILES string of the molecule is C=C(C)[C@@H]1CC[C@]2(N)CC[C@]3(C)[C@H](CC[C@@H]4[C@@]5(C)CC=C(/C(=C/CCO)CCC(=O)OCC)C(C)(C)[C@@H]5CC[C@]43C)[C@@H]12. The molecule has 0 heterocycles. The molecule has 0 saturated heterocycles. The number of hydrogen-bond acceptors (Lipinski definition) is 4. The van der Waals surface area contributed by atoms with Crippen LogP contribution in [0.1, 0.15) is 126 Å². The molecule has 42 heavy (non-hydrogen) atoms. The molecule has 0 aromatic rings. The fourth-order valence-corrected chi connectivity index (χ4v) is 12.4. The van der Waals surface area contributed by atoms with Crippen molar-refractivity contribution in [3.63, 3.8) is 0 Å². The fourth-order valence-electron chi connectivity index (χ4n) is 12.4. The molecule has 0 aliphatic heterocycles. The monoisotopic (exact) mass is 579 g/mol. The molecule has 9 atom stereocenters. The van der Waals surface area contributed by atoms with Gasteiger partial charge in [0.25, 0.3) is 0 Å². The summed E-state index contributed by atoms with van der Waals surface area (Å²) < 4.78 is 5.27. The van der Waals surface area contributed by atoms with Crippen LogP contribution in [-0.4, -0.2) is 29.8 Å². The lowest BCUT2D eigenvalue weighted by Crippen LogP contribution is -2.67. The molecule has 3 N–H and O–H groups in total. The van der Waals surface area contributed by atoms with Crippen LogP contribution in [0.15, 0.2) is 35.5 Å². The first-order valence-electron chi connectivity index (χ1n) is 17.3. The van der Waals surface area contributed by atoms with Crippen molar-refractivity contribution < 1.29 is 14.6 Å². The van der Waals surface area contributed by atoms with E-state index in [-0.39, 0.29) is 28.9 Å². The van der Waals surface area contributed by atoms with Crippen LogP contribution in [0.4, 0.5) is 0 Å². The molecule has 0 spiro atoms. The van der Waals surface area contributed by atoms with Crippen molar-refractivity contribution in [3.05, 3.63) is 35.5 Å². The molecule has 0 bridgehead atoms. The van der Waals surface area contributed by atoms with E-state index in [0.717, 1.165) is 6.42 Å². The van der Waals surface area contributed by atoms with Crippen LogP contribution in [0.25, 0.3) is 0 Å². The fraction of sp³-hybridized carbons (Fsp3) is 0.816. The summed E-state index contributed by atoms with van der Waals surface area (Å²) in [7, 11) is 0. The number of hydrogen-bond donors (Lipinski definition) is 2. The number of allylic oxidation sites excluding steroid dienone is 4. The normalized spacial score (nSPS) is 44.3. The maximum absolute atomic E-state index is 12.3. The molecule has 236 valence electrons. The number of fused-ring (bicyclic) bond motifs is 7. The van der Waals surface area contributed by atoms with E-state index in [1.807, 2.05) is 6.92 Å². The number of aliphatic hydroxyl groups excluding tert-OH is 1. The molecule has 0 aromatic heterocycles. The number of aliphatic hydroxyl groups is 1. The van der Waals surface area contributed by atoms with Crippen LogP contribution in [0.2, 0.25) is 0 Å². The average Bonchev–Trinajstić information content (AvgIpc) is 3.27. The van der Waals surface area contributed by atoms with Gasteiger partial charge in [-0.1, -0.05) is 58.9 Å². The number of nitrogens with two attached hydrogens (primary N) is 1. The lowest BCUT2D eigenvalue weighted by Gasteiger charge is -2.72. The van der Waals surface area contributed by atoms with Gasteiger partial charge < -0.3 is 15.6 Å². The maximum atomic E-state index is 12.3. The zero-order chi connectivity index (χ0) is 30.7. The second-order valence-corrected chi connectivity index (χ2v) is 16.5. The van der Waals surface area contributed by atoms with Gasteiger partial charge in [0.2, 0.25) is 0 Å². The molecule has 5 aliphatic rings. The van der Waals surface area contributed by atoms with Crippen LogP contribution in [-0.2, 0) is 9.53 Å². The Kier molecular flexibility index (Phi) is 8.54. The van der Waals surface area contributed by atoms with Gasteiger partial charge in [0.05, 0.1) is 6.61 Å². The van der Waals surface area contributed by atoms with Gasteiger partial charge in [0, 0.05) is 18.6 Å². The van der Waals surface area contributed by atoms with Crippen molar-refractivity contribution in [1.29, 1.82) is 0 Å². The van der Waals surface area contributed by atoms with Crippen LogP contribution < -0.4 is 5.73 Å². The van der Waals surface area contributed by atoms with Gasteiger partial charge in [-0.3, -0.25) is 4.79 Å². The Labute approximate surface area is 257 Å². The predicted octanol–water partition coefficient (Wildman–Crippen LogP) is 8.54. The lowest BCUT2D eigenvalue weighted by molar-refractivity contribution is -0.219. The van der Waals surface area contributed by atoms with E-state index in [1.165, 1.54) is 68.1 Å². The minimum atomic E-state index is -0.130. The Morgan fingerprint density at radius 3 is 2.43 bits per heavy atom. The van der Waals surface area contributed by atoms with Crippen molar-refractivity contribution in [1.82, 2.24) is 0 Å².